The summed E-state index contributed by atoms with van der Waals surface area (Å²) < 4.78 is 26.8. The molecule has 0 radical (unpaired) electrons. The highest BCUT2D eigenvalue weighted by Crippen LogP contribution is 2.33. The van der Waals surface area contributed by atoms with Gasteiger partial charge >= 0.3 is 0 Å². The fourth-order valence-corrected chi connectivity index (χ4v) is 2.34. The molecule has 0 unspecified atom stereocenters. The zero-order valence-electron chi connectivity index (χ0n) is 10.7. The van der Waals surface area contributed by atoms with Crippen molar-refractivity contribution in [1.82, 2.24) is 4.98 Å². The lowest BCUT2D eigenvalue weighted by atomic mass is 10.0. The van der Waals surface area contributed by atoms with Crippen LogP contribution in [0.25, 0.3) is 22.0 Å². The van der Waals surface area contributed by atoms with E-state index < -0.39 is 17.4 Å². The lowest BCUT2D eigenvalue weighted by Crippen LogP contribution is -2.02. The maximum Gasteiger partial charge on any atom is 0.242 e. The first kappa shape index (κ1) is 13.2. The van der Waals surface area contributed by atoms with Gasteiger partial charge in [-0.3, -0.25) is 9.59 Å². The van der Waals surface area contributed by atoms with Crippen molar-refractivity contribution in [3.05, 3.63) is 59.8 Å². The molecule has 0 aliphatic rings. The number of aromatic amines is 1. The van der Waals surface area contributed by atoms with Gasteiger partial charge in [0.15, 0.2) is 17.9 Å². The summed E-state index contributed by atoms with van der Waals surface area (Å²) in [4.78, 5) is 25.2. The van der Waals surface area contributed by atoms with Crippen LogP contribution in [0.1, 0.15) is 10.5 Å². The van der Waals surface area contributed by atoms with Crippen molar-refractivity contribution < 1.29 is 18.4 Å². The van der Waals surface area contributed by atoms with Gasteiger partial charge in [0.05, 0.1) is 5.69 Å². The van der Waals surface area contributed by atoms with Crippen LogP contribution >= 0.6 is 0 Å². The minimum atomic E-state index is -1.02. The number of carbonyl (C=O) groups is 2. The van der Waals surface area contributed by atoms with Crippen LogP contribution in [-0.2, 0) is 4.79 Å². The Morgan fingerprint density at radius 3 is 2.38 bits per heavy atom. The molecule has 104 valence electrons. The monoisotopic (exact) mass is 285 g/mol. The van der Waals surface area contributed by atoms with Crippen LogP contribution in [0, 0.1) is 11.6 Å². The highest BCUT2D eigenvalue weighted by atomic mass is 19.2. The molecule has 3 rings (SSSR count). The Bertz CT molecular complexity index is 854. The molecule has 3 nitrogen and oxygen atoms in total. The van der Waals surface area contributed by atoms with Crippen molar-refractivity contribution in [1.29, 1.82) is 0 Å². The number of hydrogen-bond acceptors (Lipinski definition) is 2. The minimum absolute atomic E-state index is 0.0243. The number of aldehydes is 1. The van der Waals surface area contributed by atoms with Crippen molar-refractivity contribution >= 4 is 23.0 Å². The van der Waals surface area contributed by atoms with Gasteiger partial charge in [-0.15, -0.1) is 0 Å². The third kappa shape index (κ3) is 2.12. The Morgan fingerprint density at radius 2 is 1.71 bits per heavy atom. The van der Waals surface area contributed by atoms with Crippen molar-refractivity contribution in [2.75, 3.05) is 0 Å². The first-order chi connectivity index (χ1) is 10.1. The summed E-state index contributed by atoms with van der Waals surface area (Å²) in [5.74, 6) is -2.80. The Labute approximate surface area is 118 Å². The Kier molecular flexibility index (Phi) is 3.10. The van der Waals surface area contributed by atoms with Gasteiger partial charge in [0.1, 0.15) is 0 Å². The molecule has 1 aromatic heterocycles. The van der Waals surface area contributed by atoms with E-state index in [2.05, 4.69) is 4.98 Å². The Balaban J connectivity index is 2.40. The number of benzene rings is 2. The van der Waals surface area contributed by atoms with E-state index in [1.54, 1.807) is 30.3 Å². The summed E-state index contributed by atoms with van der Waals surface area (Å²) in [6, 6.07) is 10.7. The summed E-state index contributed by atoms with van der Waals surface area (Å²) >= 11 is 0. The minimum Gasteiger partial charge on any atom is -0.351 e. The van der Waals surface area contributed by atoms with Crippen molar-refractivity contribution in [3.63, 3.8) is 0 Å². The molecular formula is C16H9F2NO2. The zero-order valence-corrected chi connectivity index (χ0v) is 10.7. The number of nitrogens with one attached hydrogen (secondary N) is 1. The summed E-state index contributed by atoms with van der Waals surface area (Å²) in [5, 5.41) is 0.352. The van der Waals surface area contributed by atoms with E-state index in [0.717, 1.165) is 12.1 Å². The molecule has 3 aromatic rings. The predicted octanol–water partition coefficient (Wildman–Crippen LogP) is 3.49. The quantitative estimate of drug-likeness (QED) is 0.455. The molecule has 0 saturated carbocycles. The lowest BCUT2D eigenvalue weighted by molar-refractivity contribution is -0.104. The van der Waals surface area contributed by atoms with Crippen LogP contribution < -0.4 is 0 Å². The lowest BCUT2D eigenvalue weighted by Gasteiger charge is -2.02. The standard InChI is InChI=1S/C16H9F2NO2/c17-11-6-10-13(7-12(11)18)19-16(14(21)8-20)15(10)9-4-2-1-3-5-9/h1-8,19H. The molecule has 21 heavy (non-hydrogen) atoms. The largest absolute Gasteiger partial charge is 0.351 e. The molecule has 0 atom stereocenters. The van der Waals surface area contributed by atoms with E-state index >= 15 is 0 Å². The Hall–Kier alpha value is -2.82. The van der Waals surface area contributed by atoms with Gasteiger partial charge in [0.2, 0.25) is 5.78 Å². The van der Waals surface area contributed by atoms with Crippen molar-refractivity contribution in [3.8, 4) is 11.1 Å². The molecule has 1 heterocycles. The number of H-pyrrole nitrogens is 1. The van der Waals surface area contributed by atoms with Crippen LogP contribution in [0.3, 0.4) is 0 Å². The van der Waals surface area contributed by atoms with E-state index in [0.29, 0.717) is 16.5 Å². The highest BCUT2D eigenvalue weighted by molar-refractivity contribution is 6.35. The molecular weight excluding hydrogens is 276 g/mol. The summed E-state index contributed by atoms with van der Waals surface area (Å²) in [5.41, 5.74) is 1.32. The molecule has 0 saturated heterocycles. The molecule has 0 bridgehead atoms. The third-order valence-corrected chi connectivity index (χ3v) is 3.26. The predicted molar refractivity (Wildman–Crippen MR) is 74.0 cm³/mol. The molecule has 5 heteroatoms. The van der Waals surface area contributed by atoms with Crippen LogP contribution in [0.4, 0.5) is 8.78 Å². The number of halogens is 2. The van der Waals surface area contributed by atoms with Gasteiger partial charge in [-0.1, -0.05) is 30.3 Å². The molecule has 0 aliphatic carbocycles. The molecule has 0 amide bonds. The third-order valence-electron chi connectivity index (χ3n) is 3.26. The van der Waals surface area contributed by atoms with Gasteiger partial charge in [-0.2, -0.15) is 0 Å². The second-order valence-corrected chi connectivity index (χ2v) is 4.54. The van der Waals surface area contributed by atoms with Gasteiger partial charge in [-0.05, 0) is 11.6 Å². The van der Waals surface area contributed by atoms with Gasteiger partial charge in [-0.25, -0.2) is 8.78 Å². The SMILES string of the molecule is O=CC(=O)c1[nH]c2cc(F)c(F)cc2c1-c1ccccc1. The molecule has 2 aromatic carbocycles. The summed E-state index contributed by atoms with van der Waals surface area (Å²) in [6.45, 7) is 0. The molecule has 0 fully saturated rings. The van der Waals surface area contributed by atoms with Crippen LogP contribution in [-0.4, -0.2) is 17.1 Å². The maximum atomic E-state index is 13.5. The van der Waals surface area contributed by atoms with E-state index in [4.69, 9.17) is 0 Å². The fraction of sp³-hybridized carbons (Fsp3) is 0. The smallest absolute Gasteiger partial charge is 0.242 e. The fourth-order valence-electron chi connectivity index (χ4n) is 2.34. The number of aromatic nitrogens is 1. The molecule has 0 aliphatic heterocycles. The van der Waals surface area contributed by atoms with Crippen molar-refractivity contribution in [2.45, 2.75) is 0 Å². The van der Waals surface area contributed by atoms with Crippen LogP contribution in [0.15, 0.2) is 42.5 Å². The highest BCUT2D eigenvalue weighted by Gasteiger charge is 2.20. The van der Waals surface area contributed by atoms with Gasteiger partial charge in [0.25, 0.3) is 0 Å². The number of fused-ring (bicyclic) bond motifs is 1. The molecule has 0 spiro atoms. The second kappa shape index (κ2) is 4.94. The first-order valence-corrected chi connectivity index (χ1v) is 6.17. The van der Waals surface area contributed by atoms with E-state index in [1.807, 2.05) is 0 Å². The second-order valence-electron chi connectivity index (χ2n) is 4.54. The van der Waals surface area contributed by atoms with E-state index in [1.165, 1.54) is 0 Å². The van der Waals surface area contributed by atoms with E-state index in [9.17, 15) is 18.4 Å². The van der Waals surface area contributed by atoms with Crippen LogP contribution in [0.2, 0.25) is 0 Å². The number of hydrogen-bond donors (Lipinski definition) is 1. The topological polar surface area (TPSA) is 49.9 Å². The van der Waals surface area contributed by atoms with Gasteiger partial charge in [0, 0.05) is 22.5 Å². The summed E-state index contributed by atoms with van der Waals surface area (Å²) in [7, 11) is 0. The number of carbonyl (C=O) groups excluding carboxylic acids is 2. The zero-order chi connectivity index (χ0) is 15.0. The van der Waals surface area contributed by atoms with Crippen molar-refractivity contribution in [2.24, 2.45) is 0 Å². The molecule has 1 N–H and O–H groups in total. The Morgan fingerprint density at radius 1 is 1.05 bits per heavy atom. The summed E-state index contributed by atoms with van der Waals surface area (Å²) in [6.07, 6.45) is 0.171. The van der Waals surface area contributed by atoms with E-state index in [-0.39, 0.29) is 17.5 Å². The maximum absolute atomic E-state index is 13.5. The average molecular weight is 285 g/mol. The van der Waals surface area contributed by atoms with Crippen LogP contribution in [0.5, 0.6) is 0 Å². The van der Waals surface area contributed by atoms with Gasteiger partial charge < -0.3 is 4.98 Å². The number of rotatable bonds is 3. The number of Topliss-reactive ketones (excluding diaryl/α,β-unsaturated/α-hetero) is 1. The normalized spacial score (nSPS) is 10.8. The average Bonchev–Trinajstić information content (AvgIpc) is 2.86. The first-order valence-electron chi connectivity index (χ1n) is 6.17. The number of ketones is 1.